The van der Waals surface area contributed by atoms with Crippen LogP contribution in [0.4, 0.5) is 4.39 Å². The maximum absolute atomic E-state index is 15.2. The summed E-state index contributed by atoms with van der Waals surface area (Å²) in [6.07, 6.45) is 0.0936. The molecule has 8 nitrogen and oxygen atoms in total. The third kappa shape index (κ3) is 4.15. The minimum absolute atomic E-state index is 0.0409. The number of aliphatic hydroxyl groups excluding tert-OH is 1. The first-order valence-electron chi connectivity index (χ1n) is 14.5. The predicted octanol–water partition coefficient (Wildman–Crippen LogP) is 4.60. The van der Waals surface area contributed by atoms with E-state index in [1.165, 1.54) is 6.07 Å². The van der Waals surface area contributed by atoms with Gasteiger partial charge < -0.3 is 24.8 Å². The molecule has 0 fully saturated rings. The van der Waals surface area contributed by atoms with Crippen LogP contribution in [0.15, 0.2) is 42.5 Å². The van der Waals surface area contributed by atoms with Gasteiger partial charge in [-0.1, -0.05) is 49.5 Å². The van der Waals surface area contributed by atoms with Crippen LogP contribution in [-0.4, -0.2) is 37.7 Å². The maximum Gasteiger partial charge on any atom is 0.343 e. The molecule has 1 aliphatic carbocycles. The fraction of sp³-hybridized carbons (Fsp3) is 0.333. The number of aliphatic hydroxyl groups is 2. The molecule has 43 heavy (non-hydrogen) atoms. The summed E-state index contributed by atoms with van der Waals surface area (Å²) in [6, 6.07) is 12.0. The van der Waals surface area contributed by atoms with Gasteiger partial charge in [0.15, 0.2) is 5.60 Å². The van der Waals surface area contributed by atoms with Gasteiger partial charge in [-0.15, -0.1) is 0 Å². The van der Waals surface area contributed by atoms with E-state index in [0.717, 1.165) is 27.6 Å². The summed E-state index contributed by atoms with van der Waals surface area (Å²) >= 11 is 5.88. The van der Waals surface area contributed by atoms with Crippen molar-refractivity contribution in [1.29, 1.82) is 0 Å². The number of aromatic nitrogens is 2. The lowest BCUT2D eigenvalue weighted by molar-refractivity contribution is -0.172. The van der Waals surface area contributed by atoms with E-state index in [1.54, 1.807) is 19.9 Å². The molecule has 1 unspecified atom stereocenters. The van der Waals surface area contributed by atoms with Crippen molar-refractivity contribution in [3.63, 3.8) is 0 Å². The highest BCUT2D eigenvalue weighted by Crippen LogP contribution is 2.47. The van der Waals surface area contributed by atoms with Gasteiger partial charge in [-0.2, -0.15) is 0 Å². The number of ether oxygens (including phenoxy) is 1. The summed E-state index contributed by atoms with van der Waals surface area (Å²) in [5.41, 5.74) is 4.69. The molecule has 3 N–H and O–H groups in total. The van der Waals surface area contributed by atoms with E-state index in [1.807, 2.05) is 34.9 Å². The first-order chi connectivity index (χ1) is 20.6. The van der Waals surface area contributed by atoms with Gasteiger partial charge in [0.1, 0.15) is 23.2 Å². The highest BCUT2D eigenvalue weighted by atomic mass is 32.1. The zero-order valence-electron chi connectivity index (χ0n) is 23.7. The first-order valence-corrected chi connectivity index (χ1v) is 14.9. The van der Waals surface area contributed by atoms with E-state index in [2.05, 4.69) is 5.32 Å². The topological polar surface area (TPSA) is 114 Å². The predicted molar refractivity (Wildman–Crippen MR) is 159 cm³/mol. The molecule has 10 heteroatoms. The minimum Gasteiger partial charge on any atom is -0.458 e. The molecular weight excluding hydrogens is 569 g/mol. The van der Waals surface area contributed by atoms with Gasteiger partial charge in [-0.3, -0.25) is 4.79 Å². The molecule has 4 heterocycles. The smallest absolute Gasteiger partial charge is 0.343 e. The summed E-state index contributed by atoms with van der Waals surface area (Å²) in [6.45, 7) is 3.77. The fourth-order valence-electron chi connectivity index (χ4n) is 6.90. The Kier molecular flexibility index (Phi) is 6.50. The lowest BCUT2D eigenvalue weighted by Gasteiger charge is -2.32. The molecule has 220 valence electrons. The quantitative estimate of drug-likeness (QED) is 0.200. The number of amides is 1. The number of pyridine rings is 2. The van der Waals surface area contributed by atoms with Crippen molar-refractivity contribution in [1.82, 2.24) is 14.9 Å². The molecule has 0 saturated carbocycles. The largest absolute Gasteiger partial charge is 0.458 e. The molecule has 3 aliphatic rings. The van der Waals surface area contributed by atoms with E-state index in [-0.39, 0.29) is 25.3 Å². The normalized spacial score (nSPS) is 20.7. The van der Waals surface area contributed by atoms with Gasteiger partial charge >= 0.3 is 5.97 Å². The Labute approximate surface area is 252 Å². The Morgan fingerprint density at radius 1 is 1.26 bits per heavy atom. The molecule has 0 bridgehead atoms. The third-order valence-corrected chi connectivity index (χ3v) is 9.74. The molecular formula is C33H30FN3O5S. The van der Waals surface area contributed by atoms with Crippen LogP contribution in [0.25, 0.3) is 22.3 Å². The van der Waals surface area contributed by atoms with Crippen molar-refractivity contribution < 1.29 is 28.9 Å². The number of benzene rings is 2. The van der Waals surface area contributed by atoms with Crippen LogP contribution in [0.1, 0.15) is 64.8 Å². The number of cyclic esters (lactones) is 1. The average molecular weight is 600 g/mol. The summed E-state index contributed by atoms with van der Waals surface area (Å²) < 4.78 is 22.8. The lowest BCUT2D eigenvalue weighted by atomic mass is 9.81. The number of aryl methyl sites for hydroxylation is 1. The zero-order valence-corrected chi connectivity index (χ0v) is 24.6. The fourth-order valence-corrected chi connectivity index (χ4v) is 7.23. The highest BCUT2D eigenvalue weighted by molar-refractivity contribution is 7.71. The first kappa shape index (κ1) is 27.8. The van der Waals surface area contributed by atoms with E-state index >= 15 is 4.39 Å². The number of esters is 1. The van der Waals surface area contributed by atoms with Gasteiger partial charge in [-0.25, -0.2) is 14.2 Å². The number of hydrogen-bond acceptors (Lipinski definition) is 7. The van der Waals surface area contributed by atoms with Gasteiger partial charge in [0.25, 0.3) is 0 Å². The second-order valence-corrected chi connectivity index (χ2v) is 12.0. The highest BCUT2D eigenvalue weighted by Gasteiger charge is 2.45. The summed E-state index contributed by atoms with van der Waals surface area (Å²) in [7, 11) is 0. The Balaban J connectivity index is 1.38. The number of rotatable bonds is 5. The average Bonchev–Trinajstić information content (AvgIpc) is 3.37. The van der Waals surface area contributed by atoms with Crippen molar-refractivity contribution in [3.05, 3.63) is 91.9 Å². The van der Waals surface area contributed by atoms with E-state index in [9.17, 15) is 19.8 Å². The van der Waals surface area contributed by atoms with Crippen LogP contribution >= 0.6 is 12.2 Å². The molecule has 1 amide bonds. The monoisotopic (exact) mass is 599 g/mol. The molecule has 0 spiro atoms. The number of halogens is 1. The van der Waals surface area contributed by atoms with Crippen molar-refractivity contribution in [2.75, 3.05) is 0 Å². The van der Waals surface area contributed by atoms with E-state index in [0.29, 0.717) is 57.6 Å². The molecule has 0 saturated heterocycles. The number of hydrogen-bond donors (Lipinski definition) is 3. The van der Waals surface area contributed by atoms with Crippen molar-refractivity contribution in [3.8, 4) is 11.4 Å². The standard InChI is InChI=1S/C33H30FN3O5S/c1-3-33(41)21-12-25-29-19(14-37(25)31(43)20(21)15-42-32(33)40)28-23(36-30(39)26(38)11-17-7-5-4-6-8-17)10-9-18-16(2)22(34)13-24(35-29)27(18)28/h4-8,12-13,23,26,38,41H,3,9-11,14-15H2,1-2H3,(H,36,39)/t23-,26?,33+/m1/s1. The third-order valence-electron chi connectivity index (χ3n) is 9.27. The molecule has 0 radical (unpaired) electrons. The van der Waals surface area contributed by atoms with Gasteiger partial charge in [-0.05, 0) is 54.5 Å². The van der Waals surface area contributed by atoms with Crippen LogP contribution in [0.5, 0.6) is 0 Å². The number of fused-ring (bicyclic) bond motifs is 5. The van der Waals surface area contributed by atoms with Crippen LogP contribution in [-0.2, 0) is 45.9 Å². The van der Waals surface area contributed by atoms with Crippen LogP contribution < -0.4 is 5.32 Å². The number of nitrogens with zero attached hydrogens (tertiary/aromatic N) is 2. The van der Waals surface area contributed by atoms with Crippen LogP contribution in [0, 0.1) is 17.4 Å². The Morgan fingerprint density at radius 3 is 2.77 bits per heavy atom. The Bertz CT molecular complexity index is 1920. The van der Waals surface area contributed by atoms with E-state index in [4.69, 9.17) is 21.9 Å². The number of carbonyl (C=O) groups excluding carboxylic acids is 2. The number of nitrogens with one attached hydrogen (secondary N) is 1. The van der Waals surface area contributed by atoms with E-state index < -0.39 is 29.6 Å². The molecule has 4 aromatic rings. The zero-order chi connectivity index (χ0) is 30.2. The lowest BCUT2D eigenvalue weighted by Crippen LogP contribution is -2.41. The summed E-state index contributed by atoms with van der Waals surface area (Å²) in [5.74, 6) is -1.56. The maximum atomic E-state index is 15.2. The van der Waals surface area contributed by atoms with Crippen LogP contribution in [0.2, 0.25) is 0 Å². The van der Waals surface area contributed by atoms with Gasteiger partial charge in [0, 0.05) is 34.6 Å². The molecule has 7 rings (SSSR count). The van der Waals surface area contributed by atoms with Crippen LogP contribution in [0.3, 0.4) is 0 Å². The van der Waals surface area contributed by atoms with Crippen molar-refractivity contribution >= 4 is 35.0 Å². The Hall–Kier alpha value is -3.99. The summed E-state index contributed by atoms with van der Waals surface area (Å²) in [4.78, 5) is 30.9. The molecule has 2 aromatic heterocycles. The summed E-state index contributed by atoms with van der Waals surface area (Å²) in [5, 5.41) is 26.0. The Morgan fingerprint density at radius 2 is 2.02 bits per heavy atom. The molecule has 3 atom stereocenters. The van der Waals surface area contributed by atoms with Gasteiger partial charge in [0.05, 0.1) is 29.5 Å². The van der Waals surface area contributed by atoms with Crippen molar-refractivity contribution in [2.45, 2.75) is 70.4 Å². The second-order valence-electron chi connectivity index (χ2n) is 11.6. The van der Waals surface area contributed by atoms with Gasteiger partial charge in [0.2, 0.25) is 5.91 Å². The molecule has 2 aromatic carbocycles. The number of carbonyl (C=O) groups is 2. The minimum atomic E-state index is -1.84. The molecule has 2 aliphatic heterocycles. The second kappa shape index (κ2) is 10.0. The SMILES string of the molecule is CC[C@@]1(O)C(=O)OCc2c1cc1n(c2=S)Cc2c-1nc1cc(F)c(C)c3c1c2[C@H](NC(=O)C(O)Cc1ccccc1)CC3. The van der Waals surface area contributed by atoms with Crippen molar-refractivity contribution in [2.24, 2.45) is 0 Å².